The molecule has 142 valence electrons. The van der Waals surface area contributed by atoms with Crippen molar-refractivity contribution in [3.05, 3.63) is 77.9 Å². The fourth-order valence-electron chi connectivity index (χ4n) is 3.05. The van der Waals surface area contributed by atoms with Crippen molar-refractivity contribution >= 4 is 22.1 Å². The van der Waals surface area contributed by atoms with Crippen molar-refractivity contribution in [2.45, 2.75) is 4.90 Å². The van der Waals surface area contributed by atoms with Crippen molar-refractivity contribution in [1.29, 1.82) is 0 Å². The second kappa shape index (κ2) is 7.26. The first kappa shape index (κ1) is 19.3. The van der Waals surface area contributed by atoms with Crippen LogP contribution >= 0.6 is 0 Å². The third-order valence-corrected chi connectivity index (χ3v) is 5.07. The summed E-state index contributed by atoms with van der Waals surface area (Å²) in [5.74, 6) is -3.35. The average molecular weight is 398 g/mol. The molecule has 3 aromatic rings. The Morgan fingerprint density at radius 3 is 1.68 bits per heavy atom. The molecule has 0 aromatic heterocycles. The zero-order chi connectivity index (χ0) is 20.5. The van der Waals surface area contributed by atoms with Crippen LogP contribution < -0.4 is 0 Å². The molecule has 0 radical (unpaired) electrons. The summed E-state index contributed by atoms with van der Waals surface area (Å²) in [5, 5.41) is 19.3. The zero-order valence-electron chi connectivity index (χ0n) is 14.2. The highest BCUT2D eigenvalue weighted by molar-refractivity contribution is 7.86. The summed E-state index contributed by atoms with van der Waals surface area (Å²) in [5.41, 5.74) is -0.550. The van der Waals surface area contributed by atoms with Crippen molar-refractivity contribution in [2.75, 3.05) is 0 Å². The maximum Gasteiger partial charge on any atom is 0.337 e. The summed E-state index contributed by atoms with van der Waals surface area (Å²) in [6.07, 6.45) is 0. The van der Waals surface area contributed by atoms with Crippen molar-refractivity contribution in [2.24, 2.45) is 0 Å². The van der Waals surface area contributed by atoms with Crippen LogP contribution in [0.15, 0.2) is 71.6 Å². The standard InChI is InChI=1S/C20H14O7S/c21-19(22)15-11-14(12-7-3-1-4-8-12)16(13-9-5-2-6-10-13)17(20(23)24)18(15)28(25,26)27/h1-11H,(H,21,22)(H,23,24)(H,25,26,27). The van der Waals surface area contributed by atoms with Gasteiger partial charge in [0.05, 0.1) is 11.1 Å². The molecule has 0 fully saturated rings. The molecule has 0 saturated carbocycles. The van der Waals surface area contributed by atoms with E-state index in [9.17, 15) is 32.8 Å². The fraction of sp³-hybridized carbons (Fsp3) is 0. The van der Waals surface area contributed by atoms with Crippen molar-refractivity contribution < 1.29 is 32.8 Å². The van der Waals surface area contributed by atoms with E-state index in [1.165, 1.54) is 0 Å². The Labute approximate surface area is 160 Å². The molecule has 3 rings (SSSR count). The smallest absolute Gasteiger partial charge is 0.337 e. The molecule has 0 bridgehead atoms. The first-order chi connectivity index (χ1) is 13.2. The van der Waals surface area contributed by atoms with Crippen molar-refractivity contribution in [3.8, 4) is 22.3 Å². The highest BCUT2D eigenvalue weighted by Crippen LogP contribution is 2.40. The van der Waals surface area contributed by atoms with Gasteiger partial charge in [0.15, 0.2) is 0 Å². The highest BCUT2D eigenvalue weighted by Gasteiger charge is 2.33. The molecule has 0 aliphatic rings. The molecule has 3 N–H and O–H groups in total. The number of rotatable bonds is 5. The van der Waals surface area contributed by atoms with Crippen LogP contribution in [0, 0.1) is 0 Å². The third-order valence-electron chi connectivity index (χ3n) is 4.13. The van der Waals surface area contributed by atoms with E-state index >= 15 is 0 Å². The predicted octanol–water partition coefficient (Wildman–Crippen LogP) is 3.66. The van der Waals surface area contributed by atoms with Gasteiger partial charge in [0.25, 0.3) is 10.1 Å². The van der Waals surface area contributed by atoms with Gasteiger partial charge in [0, 0.05) is 5.56 Å². The Bertz CT molecular complexity index is 1170. The van der Waals surface area contributed by atoms with Gasteiger partial charge in [-0.25, -0.2) is 9.59 Å². The summed E-state index contributed by atoms with van der Waals surface area (Å²) in [4.78, 5) is 22.6. The van der Waals surface area contributed by atoms with Crippen LogP contribution in [0.3, 0.4) is 0 Å². The lowest BCUT2D eigenvalue weighted by Crippen LogP contribution is -2.17. The van der Waals surface area contributed by atoms with E-state index in [4.69, 9.17) is 0 Å². The number of hydrogen-bond acceptors (Lipinski definition) is 4. The van der Waals surface area contributed by atoms with Crippen LogP contribution in [0.25, 0.3) is 22.3 Å². The lowest BCUT2D eigenvalue weighted by Gasteiger charge is -2.18. The zero-order valence-corrected chi connectivity index (χ0v) is 15.1. The molecule has 7 nitrogen and oxygen atoms in total. The molecule has 0 atom stereocenters. The van der Waals surface area contributed by atoms with Crippen LogP contribution in [0.4, 0.5) is 0 Å². The number of carboxylic acids is 2. The molecular weight excluding hydrogens is 384 g/mol. The second-order valence-corrected chi connectivity index (χ2v) is 7.23. The Kier molecular flexibility index (Phi) is 5.00. The quantitative estimate of drug-likeness (QED) is 0.559. The van der Waals surface area contributed by atoms with E-state index in [0.717, 1.165) is 6.07 Å². The lowest BCUT2D eigenvalue weighted by atomic mass is 9.88. The molecule has 0 heterocycles. The first-order valence-corrected chi connectivity index (χ1v) is 9.41. The molecule has 28 heavy (non-hydrogen) atoms. The van der Waals surface area contributed by atoms with Gasteiger partial charge in [0.2, 0.25) is 0 Å². The number of aromatic carboxylic acids is 2. The summed E-state index contributed by atoms with van der Waals surface area (Å²) in [7, 11) is -5.15. The van der Waals surface area contributed by atoms with Gasteiger partial charge in [0.1, 0.15) is 4.90 Å². The minimum Gasteiger partial charge on any atom is -0.478 e. The topological polar surface area (TPSA) is 129 Å². The third kappa shape index (κ3) is 3.51. The van der Waals surface area contributed by atoms with Crippen molar-refractivity contribution in [1.82, 2.24) is 0 Å². The van der Waals surface area contributed by atoms with Gasteiger partial charge in [-0.15, -0.1) is 0 Å². The summed E-state index contributed by atoms with van der Waals surface area (Å²) in [6, 6.07) is 17.6. The Morgan fingerprint density at radius 1 is 0.750 bits per heavy atom. The highest BCUT2D eigenvalue weighted by atomic mass is 32.2. The van der Waals surface area contributed by atoms with Crippen LogP contribution in [-0.4, -0.2) is 35.1 Å². The van der Waals surface area contributed by atoms with E-state index in [-0.39, 0.29) is 11.1 Å². The Balaban J connectivity index is 2.61. The monoisotopic (exact) mass is 398 g/mol. The van der Waals surface area contributed by atoms with E-state index in [1.54, 1.807) is 60.7 Å². The van der Waals surface area contributed by atoms with Crippen molar-refractivity contribution in [3.63, 3.8) is 0 Å². The molecule has 0 saturated heterocycles. The maximum absolute atomic E-state index is 12.1. The van der Waals surface area contributed by atoms with Gasteiger partial charge in [-0.1, -0.05) is 60.7 Å². The van der Waals surface area contributed by atoms with E-state index in [0.29, 0.717) is 11.1 Å². The Morgan fingerprint density at radius 2 is 1.25 bits per heavy atom. The molecule has 0 amide bonds. The van der Waals surface area contributed by atoms with E-state index in [1.807, 2.05) is 0 Å². The predicted molar refractivity (Wildman–Crippen MR) is 101 cm³/mol. The fourth-order valence-corrected chi connectivity index (χ4v) is 3.92. The number of carboxylic acid groups (broad SMARTS) is 2. The minimum atomic E-state index is -5.15. The van der Waals surface area contributed by atoms with Gasteiger partial charge >= 0.3 is 11.9 Å². The molecule has 0 unspecified atom stereocenters. The molecule has 0 aliphatic carbocycles. The van der Waals surface area contributed by atoms with Gasteiger partial charge in [-0.2, -0.15) is 8.42 Å². The number of hydrogen-bond donors (Lipinski definition) is 3. The van der Waals surface area contributed by atoms with E-state index in [2.05, 4.69) is 0 Å². The van der Waals surface area contributed by atoms with Gasteiger partial charge < -0.3 is 10.2 Å². The molecular formula is C20H14O7S. The number of benzene rings is 3. The Hall–Kier alpha value is -3.49. The number of carbonyl (C=O) groups is 2. The minimum absolute atomic E-state index is 0.00285. The first-order valence-electron chi connectivity index (χ1n) is 7.97. The molecule has 0 spiro atoms. The average Bonchev–Trinajstić information content (AvgIpc) is 2.66. The van der Waals surface area contributed by atoms with Gasteiger partial charge in [-0.3, -0.25) is 4.55 Å². The van der Waals surface area contributed by atoms with Crippen LogP contribution in [0.1, 0.15) is 20.7 Å². The maximum atomic E-state index is 12.1. The van der Waals surface area contributed by atoms with Crippen LogP contribution in [0.2, 0.25) is 0 Å². The van der Waals surface area contributed by atoms with Crippen LogP contribution in [-0.2, 0) is 10.1 Å². The molecule has 8 heteroatoms. The lowest BCUT2D eigenvalue weighted by molar-refractivity contribution is 0.0689. The van der Waals surface area contributed by atoms with E-state index < -0.39 is 38.1 Å². The van der Waals surface area contributed by atoms with Gasteiger partial charge in [-0.05, 0) is 22.8 Å². The molecule has 3 aromatic carbocycles. The summed E-state index contributed by atoms with van der Waals surface area (Å²) in [6.45, 7) is 0. The SMILES string of the molecule is O=C(O)c1cc(-c2ccccc2)c(-c2ccccc2)c(C(=O)O)c1S(=O)(=O)O. The summed E-state index contributed by atoms with van der Waals surface area (Å²) >= 11 is 0. The normalized spacial score (nSPS) is 11.2. The summed E-state index contributed by atoms with van der Waals surface area (Å²) < 4.78 is 33.5. The second-order valence-electron chi connectivity index (χ2n) is 5.87. The van der Waals surface area contributed by atoms with Crippen LogP contribution in [0.5, 0.6) is 0 Å². The largest absolute Gasteiger partial charge is 0.478 e. The molecule has 0 aliphatic heterocycles.